The molecular formula is C18H16N2O4. The minimum atomic E-state index is -0.678. The standard InChI is InChI=1S/C18H16N2O4/c1-20-16(12-6-4-3-5-7-12)15(18(22)24-20)17(21)19-13-8-10-14(23-2)11-9-13/h3-11H,1-2H3,(H,19,21). The molecule has 0 bridgehead atoms. The molecule has 0 fully saturated rings. The molecule has 6 heteroatoms. The number of carbonyl (C=O) groups excluding carboxylic acids is 1. The molecule has 24 heavy (non-hydrogen) atoms. The Hall–Kier alpha value is -3.28. The van der Waals surface area contributed by atoms with Crippen molar-refractivity contribution in [3.63, 3.8) is 0 Å². The van der Waals surface area contributed by atoms with Crippen molar-refractivity contribution in [3.8, 4) is 17.0 Å². The molecule has 0 spiro atoms. The van der Waals surface area contributed by atoms with Crippen LogP contribution in [0.25, 0.3) is 11.3 Å². The third-order valence-corrected chi connectivity index (χ3v) is 3.60. The van der Waals surface area contributed by atoms with E-state index in [1.54, 1.807) is 38.4 Å². The summed E-state index contributed by atoms with van der Waals surface area (Å²) in [6.45, 7) is 0. The topological polar surface area (TPSA) is 73.5 Å². The highest BCUT2D eigenvalue weighted by Gasteiger charge is 2.23. The maximum absolute atomic E-state index is 12.6. The summed E-state index contributed by atoms with van der Waals surface area (Å²) in [6.07, 6.45) is 0. The smallest absolute Gasteiger partial charge is 0.370 e. The van der Waals surface area contributed by atoms with Gasteiger partial charge in [-0.25, -0.2) is 9.53 Å². The Labute approximate surface area is 138 Å². The minimum Gasteiger partial charge on any atom is -0.497 e. The van der Waals surface area contributed by atoms with E-state index in [1.165, 1.54) is 4.74 Å². The SMILES string of the molecule is COc1ccc(NC(=O)c2c(-c3ccccc3)n(C)oc2=O)cc1. The number of hydrogen-bond donors (Lipinski definition) is 1. The average molecular weight is 324 g/mol. The van der Waals surface area contributed by atoms with Crippen LogP contribution in [0.2, 0.25) is 0 Å². The first kappa shape index (κ1) is 15.6. The van der Waals surface area contributed by atoms with Crippen molar-refractivity contribution in [1.82, 2.24) is 4.74 Å². The molecule has 0 saturated carbocycles. The van der Waals surface area contributed by atoms with E-state index in [9.17, 15) is 9.59 Å². The summed E-state index contributed by atoms with van der Waals surface area (Å²) in [5.41, 5.74) is 1.02. The van der Waals surface area contributed by atoms with Crippen LogP contribution in [0.5, 0.6) is 5.75 Å². The summed E-state index contributed by atoms with van der Waals surface area (Å²) in [5, 5.41) is 2.71. The fraction of sp³-hybridized carbons (Fsp3) is 0.111. The van der Waals surface area contributed by atoms with Crippen molar-refractivity contribution in [1.29, 1.82) is 0 Å². The summed E-state index contributed by atoms with van der Waals surface area (Å²) < 4.78 is 11.5. The Morgan fingerprint density at radius 1 is 1.08 bits per heavy atom. The lowest BCUT2D eigenvalue weighted by Crippen LogP contribution is -2.19. The largest absolute Gasteiger partial charge is 0.497 e. The normalized spacial score (nSPS) is 10.4. The number of ether oxygens (including phenoxy) is 1. The second-order valence-corrected chi connectivity index (χ2v) is 5.15. The quantitative estimate of drug-likeness (QED) is 0.801. The van der Waals surface area contributed by atoms with Crippen LogP contribution >= 0.6 is 0 Å². The number of benzene rings is 2. The van der Waals surface area contributed by atoms with Gasteiger partial charge >= 0.3 is 5.63 Å². The molecular weight excluding hydrogens is 308 g/mol. The first-order chi connectivity index (χ1) is 11.6. The van der Waals surface area contributed by atoms with Gasteiger partial charge in [-0.2, -0.15) is 0 Å². The molecule has 1 amide bonds. The zero-order valence-electron chi connectivity index (χ0n) is 13.3. The minimum absolute atomic E-state index is 0.0282. The third kappa shape index (κ3) is 2.94. The van der Waals surface area contributed by atoms with Gasteiger partial charge in [-0.15, -0.1) is 0 Å². The number of carbonyl (C=O) groups is 1. The van der Waals surface area contributed by atoms with E-state index in [2.05, 4.69) is 5.32 Å². The van der Waals surface area contributed by atoms with Crippen LogP contribution in [0.15, 0.2) is 63.9 Å². The van der Waals surface area contributed by atoms with Crippen LogP contribution in [-0.4, -0.2) is 17.8 Å². The van der Waals surface area contributed by atoms with Crippen molar-refractivity contribution >= 4 is 11.6 Å². The van der Waals surface area contributed by atoms with Gasteiger partial charge in [0.15, 0.2) is 5.56 Å². The number of nitrogens with zero attached hydrogens (tertiary/aromatic N) is 1. The van der Waals surface area contributed by atoms with Gasteiger partial charge in [0, 0.05) is 18.3 Å². The van der Waals surface area contributed by atoms with Crippen molar-refractivity contribution < 1.29 is 14.1 Å². The van der Waals surface area contributed by atoms with Crippen LogP contribution in [0.1, 0.15) is 10.4 Å². The van der Waals surface area contributed by atoms with E-state index in [0.29, 0.717) is 17.1 Å². The first-order valence-corrected chi connectivity index (χ1v) is 7.31. The summed E-state index contributed by atoms with van der Waals surface area (Å²) in [5.74, 6) is 0.158. The number of aromatic nitrogens is 1. The number of rotatable bonds is 4. The molecule has 0 aliphatic rings. The summed E-state index contributed by atoms with van der Waals surface area (Å²) in [4.78, 5) is 24.7. The van der Waals surface area contributed by atoms with Crippen LogP contribution in [-0.2, 0) is 7.05 Å². The molecule has 0 radical (unpaired) electrons. The van der Waals surface area contributed by atoms with Crippen molar-refractivity contribution in [2.45, 2.75) is 0 Å². The first-order valence-electron chi connectivity index (χ1n) is 7.31. The molecule has 0 atom stereocenters. The Kier molecular flexibility index (Phi) is 4.20. The predicted octanol–water partition coefficient (Wildman–Crippen LogP) is 2.91. The summed E-state index contributed by atoms with van der Waals surface area (Å²) in [7, 11) is 3.16. The van der Waals surface area contributed by atoms with E-state index in [0.717, 1.165) is 5.56 Å². The average Bonchev–Trinajstić information content (AvgIpc) is 2.90. The van der Waals surface area contributed by atoms with Gasteiger partial charge in [0.05, 0.1) is 7.11 Å². The number of anilines is 1. The van der Waals surface area contributed by atoms with Crippen LogP contribution < -0.4 is 15.7 Å². The molecule has 0 saturated heterocycles. The Bertz CT molecular complexity index is 908. The van der Waals surface area contributed by atoms with Gasteiger partial charge in [0.2, 0.25) is 0 Å². The van der Waals surface area contributed by atoms with Gasteiger partial charge in [-0.3, -0.25) is 4.79 Å². The van der Waals surface area contributed by atoms with E-state index < -0.39 is 11.5 Å². The maximum Gasteiger partial charge on any atom is 0.370 e. The third-order valence-electron chi connectivity index (χ3n) is 3.60. The number of aryl methyl sites for hydroxylation is 1. The zero-order valence-corrected chi connectivity index (χ0v) is 13.3. The Balaban J connectivity index is 1.96. The molecule has 6 nitrogen and oxygen atoms in total. The Morgan fingerprint density at radius 3 is 2.38 bits per heavy atom. The highest BCUT2D eigenvalue weighted by Crippen LogP contribution is 2.23. The molecule has 3 aromatic rings. The molecule has 1 N–H and O–H groups in total. The molecule has 122 valence electrons. The van der Waals surface area contributed by atoms with E-state index in [4.69, 9.17) is 9.26 Å². The fourth-order valence-electron chi connectivity index (χ4n) is 2.46. The molecule has 0 aliphatic carbocycles. The zero-order chi connectivity index (χ0) is 17.1. The number of hydrogen-bond acceptors (Lipinski definition) is 4. The van der Waals surface area contributed by atoms with Gasteiger partial charge in [0.1, 0.15) is 11.4 Å². The molecule has 1 heterocycles. The lowest BCUT2D eigenvalue weighted by molar-refractivity contribution is 0.102. The highest BCUT2D eigenvalue weighted by atomic mass is 16.5. The highest BCUT2D eigenvalue weighted by molar-refractivity contribution is 6.07. The van der Waals surface area contributed by atoms with Gasteiger partial charge in [-0.05, 0) is 24.3 Å². The van der Waals surface area contributed by atoms with E-state index in [1.807, 2.05) is 30.3 Å². The summed E-state index contributed by atoms with van der Waals surface area (Å²) in [6, 6.07) is 16.0. The number of amides is 1. The second-order valence-electron chi connectivity index (χ2n) is 5.15. The van der Waals surface area contributed by atoms with Crippen molar-refractivity contribution in [3.05, 3.63) is 70.6 Å². The number of methoxy groups -OCH3 is 1. The van der Waals surface area contributed by atoms with Crippen molar-refractivity contribution in [2.24, 2.45) is 7.05 Å². The molecule has 2 aromatic carbocycles. The number of nitrogens with one attached hydrogen (secondary N) is 1. The van der Waals surface area contributed by atoms with E-state index >= 15 is 0 Å². The van der Waals surface area contributed by atoms with Gasteiger partial charge < -0.3 is 14.6 Å². The maximum atomic E-state index is 12.6. The Morgan fingerprint density at radius 2 is 1.75 bits per heavy atom. The molecule has 3 rings (SSSR count). The van der Waals surface area contributed by atoms with Crippen LogP contribution in [0.3, 0.4) is 0 Å². The van der Waals surface area contributed by atoms with Crippen molar-refractivity contribution in [2.75, 3.05) is 12.4 Å². The lowest BCUT2D eigenvalue weighted by atomic mass is 10.1. The molecule has 1 aromatic heterocycles. The van der Waals surface area contributed by atoms with Crippen LogP contribution in [0, 0.1) is 0 Å². The van der Waals surface area contributed by atoms with Crippen LogP contribution in [0.4, 0.5) is 5.69 Å². The molecule has 0 aliphatic heterocycles. The lowest BCUT2D eigenvalue weighted by Gasteiger charge is -2.07. The second kappa shape index (κ2) is 6.45. The summed E-state index contributed by atoms with van der Waals surface area (Å²) >= 11 is 0. The fourth-order valence-corrected chi connectivity index (χ4v) is 2.46. The van der Waals surface area contributed by atoms with E-state index in [-0.39, 0.29) is 5.56 Å². The predicted molar refractivity (Wildman–Crippen MR) is 90.3 cm³/mol. The molecule has 0 unspecified atom stereocenters. The monoisotopic (exact) mass is 324 g/mol. The van der Waals surface area contributed by atoms with Gasteiger partial charge in [0.25, 0.3) is 5.91 Å². The van der Waals surface area contributed by atoms with Gasteiger partial charge in [-0.1, -0.05) is 30.3 Å².